The first-order valence-electron chi connectivity index (χ1n) is 8.24. The van der Waals surface area contributed by atoms with E-state index in [1.807, 2.05) is 36.4 Å². The van der Waals surface area contributed by atoms with E-state index in [-0.39, 0.29) is 17.9 Å². The molecule has 138 valence electrons. The van der Waals surface area contributed by atoms with Crippen molar-refractivity contribution in [3.8, 4) is 6.07 Å². The van der Waals surface area contributed by atoms with Gasteiger partial charge in [0.15, 0.2) is 0 Å². The maximum atomic E-state index is 12.3. The Morgan fingerprint density at radius 2 is 1.79 bits per heavy atom. The molecule has 0 spiro atoms. The standard InChI is InChI=1S/C21H14N2O4S/c22-13-15-6-8-16(9-7-15)14-27-21(24)17-10-11-20(19(12-17)23(25)26)28-18-4-2-1-3-5-18/h1-12H,14H2. The topological polar surface area (TPSA) is 93.2 Å². The van der Waals surface area contributed by atoms with Crippen molar-refractivity contribution in [1.29, 1.82) is 5.26 Å². The molecule has 3 aromatic carbocycles. The monoisotopic (exact) mass is 390 g/mol. The minimum atomic E-state index is -0.649. The molecule has 6 nitrogen and oxygen atoms in total. The van der Waals surface area contributed by atoms with Crippen molar-refractivity contribution in [1.82, 2.24) is 0 Å². The summed E-state index contributed by atoms with van der Waals surface area (Å²) < 4.78 is 5.23. The fraction of sp³-hybridized carbons (Fsp3) is 0.0476. The van der Waals surface area contributed by atoms with Gasteiger partial charge in [0.1, 0.15) is 6.61 Å². The molecule has 0 fully saturated rings. The maximum absolute atomic E-state index is 12.3. The van der Waals surface area contributed by atoms with Crippen molar-refractivity contribution in [2.75, 3.05) is 0 Å². The molecular weight excluding hydrogens is 376 g/mol. The van der Waals surface area contributed by atoms with Crippen LogP contribution in [0.2, 0.25) is 0 Å². The molecule has 0 bridgehead atoms. The van der Waals surface area contributed by atoms with Crippen LogP contribution in [0.25, 0.3) is 0 Å². The third-order valence-electron chi connectivity index (χ3n) is 3.82. The number of esters is 1. The van der Waals surface area contributed by atoms with Gasteiger partial charge in [-0.05, 0) is 42.0 Å². The van der Waals surface area contributed by atoms with E-state index >= 15 is 0 Å². The highest BCUT2D eigenvalue weighted by Crippen LogP contribution is 2.35. The van der Waals surface area contributed by atoms with Gasteiger partial charge in [0, 0.05) is 11.0 Å². The summed E-state index contributed by atoms with van der Waals surface area (Å²) in [5.74, 6) is -0.649. The largest absolute Gasteiger partial charge is 0.457 e. The molecular formula is C21H14N2O4S. The van der Waals surface area contributed by atoms with Crippen molar-refractivity contribution >= 4 is 23.4 Å². The number of carbonyl (C=O) groups is 1. The van der Waals surface area contributed by atoms with Gasteiger partial charge in [0.25, 0.3) is 5.69 Å². The first-order chi connectivity index (χ1) is 13.6. The quantitative estimate of drug-likeness (QED) is 0.335. The van der Waals surface area contributed by atoms with E-state index in [0.29, 0.717) is 10.5 Å². The zero-order chi connectivity index (χ0) is 19.9. The Balaban J connectivity index is 1.74. The Labute approximate surface area is 165 Å². The number of ether oxygens (including phenoxy) is 1. The molecule has 0 atom stereocenters. The molecule has 0 saturated carbocycles. The molecule has 0 aliphatic carbocycles. The molecule has 3 rings (SSSR count). The number of nitrogens with zero attached hydrogens (tertiary/aromatic N) is 2. The van der Waals surface area contributed by atoms with E-state index in [2.05, 4.69) is 0 Å². The van der Waals surface area contributed by atoms with Crippen molar-refractivity contribution in [3.63, 3.8) is 0 Å². The summed E-state index contributed by atoms with van der Waals surface area (Å²) in [6.07, 6.45) is 0. The highest BCUT2D eigenvalue weighted by atomic mass is 32.2. The number of rotatable bonds is 6. The van der Waals surface area contributed by atoms with Gasteiger partial charge in [-0.2, -0.15) is 5.26 Å². The zero-order valence-corrected chi connectivity index (χ0v) is 15.4. The number of nitro benzene ring substituents is 1. The van der Waals surface area contributed by atoms with Crippen LogP contribution in [-0.2, 0) is 11.3 Å². The average molecular weight is 390 g/mol. The summed E-state index contributed by atoms with van der Waals surface area (Å²) in [6, 6.07) is 22.2. The van der Waals surface area contributed by atoms with Gasteiger partial charge in [-0.1, -0.05) is 42.1 Å². The fourth-order valence-corrected chi connectivity index (χ4v) is 3.32. The average Bonchev–Trinajstić information content (AvgIpc) is 2.73. The lowest BCUT2D eigenvalue weighted by Gasteiger charge is -2.07. The molecule has 7 heteroatoms. The molecule has 0 aliphatic rings. The molecule has 0 saturated heterocycles. The van der Waals surface area contributed by atoms with E-state index in [1.165, 1.54) is 23.9 Å². The van der Waals surface area contributed by atoms with Crippen LogP contribution in [-0.4, -0.2) is 10.9 Å². The summed E-state index contributed by atoms with van der Waals surface area (Å²) in [5, 5.41) is 20.2. The predicted molar refractivity (Wildman–Crippen MR) is 104 cm³/mol. The molecule has 0 aliphatic heterocycles. The van der Waals surface area contributed by atoms with Crippen LogP contribution in [0.5, 0.6) is 0 Å². The molecule has 0 aromatic heterocycles. The Kier molecular flexibility index (Phi) is 6.04. The van der Waals surface area contributed by atoms with Crippen LogP contribution in [0.4, 0.5) is 5.69 Å². The minimum Gasteiger partial charge on any atom is -0.457 e. The van der Waals surface area contributed by atoms with E-state index < -0.39 is 10.9 Å². The van der Waals surface area contributed by atoms with Crippen LogP contribution < -0.4 is 0 Å². The predicted octanol–water partition coefficient (Wildman–Crippen LogP) is 4.97. The lowest BCUT2D eigenvalue weighted by atomic mass is 10.1. The van der Waals surface area contributed by atoms with E-state index in [4.69, 9.17) is 10.00 Å². The molecule has 3 aromatic rings. The van der Waals surface area contributed by atoms with Crippen molar-refractivity contribution in [2.24, 2.45) is 0 Å². The van der Waals surface area contributed by atoms with Crippen molar-refractivity contribution < 1.29 is 14.5 Å². The molecule has 0 radical (unpaired) electrons. The summed E-state index contributed by atoms with van der Waals surface area (Å²) in [4.78, 5) is 24.5. The summed E-state index contributed by atoms with van der Waals surface area (Å²) in [5.41, 5.74) is 1.19. The first-order valence-corrected chi connectivity index (χ1v) is 9.06. The zero-order valence-electron chi connectivity index (χ0n) is 14.6. The number of carbonyl (C=O) groups excluding carboxylic acids is 1. The van der Waals surface area contributed by atoms with Crippen LogP contribution in [0.3, 0.4) is 0 Å². The van der Waals surface area contributed by atoms with Crippen molar-refractivity contribution in [3.05, 3.63) is 99.6 Å². The number of hydrogen-bond donors (Lipinski definition) is 0. The number of benzene rings is 3. The van der Waals surface area contributed by atoms with Crippen LogP contribution in [0, 0.1) is 21.4 Å². The lowest BCUT2D eigenvalue weighted by molar-refractivity contribution is -0.387. The fourth-order valence-electron chi connectivity index (χ4n) is 2.40. The second-order valence-corrected chi connectivity index (χ2v) is 6.85. The smallest absolute Gasteiger partial charge is 0.338 e. The lowest BCUT2D eigenvalue weighted by Crippen LogP contribution is -2.06. The highest BCUT2D eigenvalue weighted by Gasteiger charge is 2.19. The number of nitriles is 1. The van der Waals surface area contributed by atoms with Gasteiger partial charge in [-0.15, -0.1) is 0 Å². The van der Waals surface area contributed by atoms with Gasteiger partial charge in [-0.25, -0.2) is 4.79 Å². The van der Waals surface area contributed by atoms with Gasteiger partial charge >= 0.3 is 5.97 Å². The van der Waals surface area contributed by atoms with E-state index in [1.54, 1.807) is 30.3 Å². The maximum Gasteiger partial charge on any atom is 0.338 e. The third-order valence-corrected chi connectivity index (χ3v) is 4.89. The number of nitro groups is 1. The van der Waals surface area contributed by atoms with Gasteiger partial charge < -0.3 is 4.74 Å². The van der Waals surface area contributed by atoms with Crippen LogP contribution >= 0.6 is 11.8 Å². The molecule has 28 heavy (non-hydrogen) atoms. The second-order valence-electron chi connectivity index (χ2n) is 5.74. The van der Waals surface area contributed by atoms with Crippen LogP contribution in [0.15, 0.2) is 82.6 Å². The van der Waals surface area contributed by atoms with Crippen LogP contribution in [0.1, 0.15) is 21.5 Å². The molecule has 0 amide bonds. The third kappa shape index (κ3) is 4.75. The first kappa shape index (κ1) is 19.1. The molecule has 0 unspecified atom stereocenters. The van der Waals surface area contributed by atoms with Gasteiger partial charge in [0.05, 0.1) is 27.0 Å². The van der Waals surface area contributed by atoms with Gasteiger partial charge in [0.2, 0.25) is 0 Å². The van der Waals surface area contributed by atoms with E-state index in [0.717, 1.165) is 10.5 Å². The Bertz CT molecular complexity index is 1040. The Hall–Kier alpha value is -3.63. The minimum absolute atomic E-state index is 0.0128. The van der Waals surface area contributed by atoms with E-state index in [9.17, 15) is 14.9 Å². The highest BCUT2D eigenvalue weighted by molar-refractivity contribution is 7.99. The summed E-state index contributed by atoms with van der Waals surface area (Å²) >= 11 is 1.26. The molecule has 0 heterocycles. The Morgan fingerprint density at radius 1 is 1.07 bits per heavy atom. The molecule has 0 N–H and O–H groups in total. The summed E-state index contributed by atoms with van der Waals surface area (Å²) in [6.45, 7) is 0.0128. The Morgan fingerprint density at radius 3 is 2.43 bits per heavy atom. The number of hydrogen-bond acceptors (Lipinski definition) is 6. The normalized spacial score (nSPS) is 10.1. The SMILES string of the molecule is N#Cc1ccc(COC(=O)c2ccc(Sc3ccccc3)c([N+](=O)[O-])c2)cc1. The second kappa shape index (κ2) is 8.84. The van der Waals surface area contributed by atoms with Gasteiger partial charge in [-0.3, -0.25) is 10.1 Å². The van der Waals surface area contributed by atoms with Crippen molar-refractivity contribution in [2.45, 2.75) is 16.4 Å². The summed E-state index contributed by atoms with van der Waals surface area (Å²) in [7, 11) is 0.